The number of carbonyl (C=O) groups is 2. The number of aromatic nitrogens is 1. The summed E-state index contributed by atoms with van der Waals surface area (Å²) in [6, 6.07) is 4.70. The van der Waals surface area contributed by atoms with Gasteiger partial charge in [0.25, 0.3) is 5.91 Å². The van der Waals surface area contributed by atoms with Gasteiger partial charge in [-0.15, -0.1) is 0 Å². The minimum Gasteiger partial charge on any atom is -0.375 e. The highest BCUT2D eigenvalue weighted by molar-refractivity contribution is 5.94. The fourth-order valence-electron chi connectivity index (χ4n) is 4.72. The van der Waals surface area contributed by atoms with Gasteiger partial charge in [0, 0.05) is 44.3 Å². The molecule has 9 heteroatoms. The molecule has 2 saturated heterocycles. The molecule has 2 aliphatic rings. The number of ether oxygens (including phenoxy) is 1. The lowest BCUT2D eigenvalue weighted by atomic mass is 9.80. The highest BCUT2D eigenvalue weighted by Gasteiger charge is 2.49. The lowest BCUT2D eigenvalue weighted by Gasteiger charge is -2.55. The van der Waals surface area contributed by atoms with E-state index in [9.17, 15) is 18.4 Å². The van der Waals surface area contributed by atoms with Gasteiger partial charge in [-0.1, -0.05) is 5.16 Å². The summed E-state index contributed by atoms with van der Waals surface area (Å²) in [5.41, 5.74) is -0.908. The first-order valence-corrected chi connectivity index (χ1v) is 10.7. The van der Waals surface area contributed by atoms with E-state index in [4.69, 9.17) is 9.26 Å². The maximum absolute atomic E-state index is 14.0. The Labute approximate surface area is 185 Å². The zero-order chi connectivity index (χ0) is 23.1. The van der Waals surface area contributed by atoms with Gasteiger partial charge in [0.05, 0.1) is 16.7 Å². The molecule has 0 spiro atoms. The predicted molar refractivity (Wildman–Crippen MR) is 112 cm³/mol. The molecular weight excluding hydrogens is 420 g/mol. The molecular formula is C23H27F2N3O4. The number of hydrogen-bond donors (Lipinski definition) is 1. The molecule has 7 nitrogen and oxygen atoms in total. The molecule has 0 aliphatic carbocycles. The molecule has 1 aromatic carbocycles. The van der Waals surface area contributed by atoms with E-state index in [1.54, 1.807) is 0 Å². The average Bonchev–Trinajstić information content (AvgIpc) is 3.14. The monoisotopic (exact) mass is 447 g/mol. The Morgan fingerprint density at radius 3 is 2.66 bits per heavy atom. The van der Waals surface area contributed by atoms with Crippen molar-refractivity contribution in [3.63, 3.8) is 0 Å². The summed E-state index contributed by atoms with van der Waals surface area (Å²) in [5, 5.41) is 6.69. The summed E-state index contributed by atoms with van der Waals surface area (Å²) in [7, 11) is 0. The number of Topliss-reactive ketones (excluding diaryl/α,β-unsaturated/α-hetero) is 1. The van der Waals surface area contributed by atoms with E-state index in [1.165, 1.54) is 19.1 Å². The third-order valence-corrected chi connectivity index (χ3v) is 6.10. The van der Waals surface area contributed by atoms with Crippen LogP contribution in [0.15, 0.2) is 28.8 Å². The Kier molecular flexibility index (Phi) is 5.89. The van der Waals surface area contributed by atoms with Crippen LogP contribution in [0.3, 0.4) is 0 Å². The lowest BCUT2D eigenvalue weighted by molar-refractivity contribution is -0.125. The Hall–Kier alpha value is -2.65. The second-order valence-electron chi connectivity index (χ2n) is 9.47. The van der Waals surface area contributed by atoms with Crippen LogP contribution in [0.4, 0.5) is 8.78 Å². The van der Waals surface area contributed by atoms with Gasteiger partial charge < -0.3 is 14.6 Å². The molecule has 1 unspecified atom stereocenters. The number of likely N-dealkylation sites (tertiary alicyclic amines) is 1. The zero-order valence-electron chi connectivity index (χ0n) is 18.4. The minimum absolute atomic E-state index is 0.00773. The number of nitrogens with zero attached hydrogens (tertiary/aromatic N) is 2. The number of nitrogens with one attached hydrogen (secondary N) is 1. The summed E-state index contributed by atoms with van der Waals surface area (Å²) in [6.45, 7) is 7.42. The molecule has 0 saturated carbocycles. The highest BCUT2D eigenvalue weighted by atomic mass is 19.1. The van der Waals surface area contributed by atoms with E-state index in [2.05, 4.69) is 29.2 Å². The number of benzene rings is 1. The molecule has 2 fully saturated rings. The Morgan fingerprint density at radius 1 is 1.25 bits per heavy atom. The summed E-state index contributed by atoms with van der Waals surface area (Å²) in [6.07, 6.45) is 2.00. The summed E-state index contributed by atoms with van der Waals surface area (Å²) >= 11 is 0. The van der Waals surface area contributed by atoms with Gasteiger partial charge in [0.15, 0.2) is 11.5 Å². The molecule has 0 radical (unpaired) electrons. The second-order valence-corrected chi connectivity index (χ2v) is 9.47. The average molecular weight is 447 g/mol. The van der Waals surface area contributed by atoms with Gasteiger partial charge in [-0.05, 0) is 45.7 Å². The van der Waals surface area contributed by atoms with Gasteiger partial charge in [-0.3, -0.25) is 14.5 Å². The topological polar surface area (TPSA) is 84.7 Å². The number of hydrogen-bond acceptors (Lipinski definition) is 6. The number of rotatable bonds is 6. The van der Waals surface area contributed by atoms with E-state index in [0.29, 0.717) is 25.7 Å². The quantitative estimate of drug-likeness (QED) is 0.731. The first-order chi connectivity index (χ1) is 15.1. The Bertz CT molecular complexity index is 1030. The maximum atomic E-state index is 14.0. The summed E-state index contributed by atoms with van der Waals surface area (Å²) in [5.74, 6) is -2.03. The predicted octanol–water partition coefficient (Wildman–Crippen LogP) is 3.34. The third kappa shape index (κ3) is 4.73. The van der Waals surface area contributed by atoms with Crippen molar-refractivity contribution in [2.24, 2.45) is 0 Å². The molecule has 1 atom stereocenters. The van der Waals surface area contributed by atoms with Gasteiger partial charge in [0.2, 0.25) is 0 Å². The van der Waals surface area contributed by atoms with Crippen molar-refractivity contribution >= 4 is 11.7 Å². The number of ketones is 1. The molecule has 172 valence electrons. The number of carbonyl (C=O) groups excluding carboxylic acids is 2. The van der Waals surface area contributed by atoms with Crippen molar-refractivity contribution in [1.82, 2.24) is 15.4 Å². The normalized spacial score (nSPS) is 22.2. The fraction of sp³-hybridized carbons (Fsp3) is 0.522. The van der Waals surface area contributed by atoms with Gasteiger partial charge in [-0.25, -0.2) is 8.78 Å². The van der Waals surface area contributed by atoms with Crippen molar-refractivity contribution < 1.29 is 27.6 Å². The molecule has 3 heterocycles. The summed E-state index contributed by atoms with van der Waals surface area (Å²) < 4.78 is 38.1. The van der Waals surface area contributed by atoms with Gasteiger partial charge in [0.1, 0.15) is 17.4 Å². The van der Waals surface area contributed by atoms with E-state index >= 15 is 0 Å². The standard InChI is InChI=1S/C23H27F2N3O4/c1-14(29)10-23(12-28(13-23)16-6-7-31-22(2,3)11-16)26-21(30)19-9-20(32-27-19)17-5-4-15(24)8-18(17)25/h4-5,8-9,16H,6-7,10-13H2,1-3H3,(H,26,30). The van der Waals surface area contributed by atoms with Crippen LogP contribution < -0.4 is 5.32 Å². The number of amides is 1. The molecule has 1 amide bonds. The van der Waals surface area contributed by atoms with Crippen LogP contribution in [0.2, 0.25) is 0 Å². The Balaban J connectivity index is 1.45. The molecule has 32 heavy (non-hydrogen) atoms. The molecule has 1 aromatic heterocycles. The second kappa shape index (κ2) is 8.37. The van der Waals surface area contributed by atoms with Crippen molar-refractivity contribution in [2.75, 3.05) is 19.7 Å². The SMILES string of the molecule is CC(=O)CC1(NC(=O)c2cc(-c3ccc(F)cc3F)on2)CN(C2CCOC(C)(C)C2)C1. The molecule has 0 bridgehead atoms. The van der Waals surface area contributed by atoms with Crippen molar-refractivity contribution in [3.8, 4) is 11.3 Å². The van der Waals surface area contributed by atoms with Crippen LogP contribution in [-0.4, -0.2) is 58.6 Å². The van der Waals surface area contributed by atoms with E-state index in [0.717, 1.165) is 25.0 Å². The zero-order valence-corrected chi connectivity index (χ0v) is 18.4. The first-order valence-electron chi connectivity index (χ1n) is 10.7. The fourth-order valence-corrected chi connectivity index (χ4v) is 4.72. The van der Waals surface area contributed by atoms with Crippen LogP contribution in [0.25, 0.3) is 11.3 Å². The Morgan fingerprint density at radius 2 is 2.00 bits per heavy atom. The largest absolute Gasteiger partial charge is 0.375 e. The van der Waals surface area contributed by atoms with E-state index in [1.807, 2.05) is 0 Å². The first kappa shape index (κ1) is 22.5. The van der Waals surface area contributed by atoms with Crippen molar-refractivity contribution in [3.05, 3.63) is 41.6 Å². The van der Waals surface area contributed by atoms with E-state index < -0.39 is 23.1 Å². The molecule has 4 rings (SSSR count). The van der Waals surface area contributed by atoms with Gasteiger partial charge >= 0.3 is 0 Å². The highest BCUT2D eigenvalue weighted by Crippen LogP contribution is 2.35. The smallest absolute Gasteiger partial charge is 0.274 e. The van der Waals surface area contributed by atoms with Crippen LogP contribution in [0.1, 0.15) is 50.5 Å². The maximum Gasteiger partial charge on any atom is 0.274 e. The van der Waals surface area contributed by atoms with Crippen molar-refractivity contribution in [2.45, 2.75) is 57.2 Å². The molecule has 2 aromatic rings. The minimum atomic E-state index is -0.810. The van der Waals surface area contributed by atoms with Crippen LogP contribution in [-0.2, 0) is 9.53 Å². The van der Waals surface area contributed by atoms with Gasteiger partial charge in [-0.2, -0.15) is 0 Å². The lowest BCUT2D eigenvalue weighted by Crippen LogP contribution is -2.73. The summed E-state index contributed by atoms with van der Waals surface area (Å²) in [4.78, 5) is 27.1. The third-order valence-electron chi connectivity index (χ3n) is 6.10. The van der Waals surface area contributed by atoms with E-state index in [-0.39, 0.29) is 34.8 Å². The molecule has 1 N–H and O–H groups in total. The number of halogens is 2. The van der Waals surface area contributed by atoms with Crippen molar-refractivity contribution in [1.29, 1.82) is 0 Å². The van der Waals surface area contributed by atoms with Crippen LogP contribution in [0.5, 0.6) is 0 Å². The van der Waals surface area contributed by atoms with Crippen LogP contribution in [0, 0.1) is 11.6 Å². The van der Waals surface area contributed by atoms with Crippen LogP contribution >= 0.6 is 0 Å². The molecule has 2 aliphatic heterocycles.